The van der Waals surface area contributed by atoms with Gasteiger partial charge in [-0.05, 0) is 36.4 Å². The first-order chi connectivity index (χ1) is 12.6. The third-order valence-electron chi connectivity index (χ3n) is 3.40. The number of alkyl halides is 4. The third-order valence-corrected chi connectivity index (χ3v) is 3.64. The Morgan fingerprint density at radius 1 is 0.963 bits per heavy atom. The Hall–Kier alpha value is -2.65. The molecule has 0 fully saturated rings. The molecule has 0 aromatic heterocycles. The second kappa shape index (κ2) is 7.93. The molecular formula is C17H13ClF4N2O3. The van der Waals surface area contributed by atoms with Gasteiger partial charge in [-0.3, -0.25) is 9.59 Å². The number of nitrogens with one attached hydrogen (secondary N) is 2. The zero-order valence-corrected chi connectivity index (χ0v) is 14.5. The van der Waals surface area contributed by atoms with Crippen molar-refractivity contribution < 1.29 is 31.9 Å². The Morgan fingerprint density at radius 2 is 1.56 bits per heavy atom. The number of halogens is 5. The van der Waals surface area contributed by atoms with E-state index in [4.69, 9.17) is 11.6 Å². The molecule has 144 valence electrons. The van der Waals surface area contributed by atoms with E-state index in [0.29, 0.717) is 17.8 Å². The molecule has 2 amide bonds. The number of hydrogen-bond acceptors (Lipinski definition) is 3. The molecule has 2 aromatic carbocycles. The standard InChI is InChI=1S/C17H13ClF4N2O3/c1-27-16(19,17(20,21)22)15(26)24-12-6-2-4-10(8-12)14(25)23-13-7-3-5-11(18)9-13/h2-9H,1H3,(H,23,25)(H,24,26)/t16-/m1/s1. The van der Waals surface area contributed by atoms with Gasteiger partial charge in [-0.1, -0.05) is 23.7 Å². The zero-order chi connectivity index (χ0) is 20.2. The zero-order valence-electron chi connectivity index (χ0n) is 13.7. The molecule has 0 heterocycles. The van der Waals surface area contributed by atoms with E-state index in [-0.39, 0.29) is 11.3 Å². The molecule has 10 heteroatoms. The van der Waals surface area contributed by atoms with Gasteiger partial charge >= 0.3 is 12.0 Å². The fourth-order valence-electron chi connectivity index (χ4n) is 2.06. The lowest BCUT2D eigenvalue weighted by Gasteiger charge is -2.24. The Kier molecular flexibility index (Phi) is 6.07. The van der Waals surface area contributed by atoms with E-state index in [1.54, 1.807) is 23.5 Å². The van der Waals surface area contributed by atoms with Crippen LogP contribution in [-0.4, -0.2) is 31.0 Å². The third kappa shape index (κ3) is 4.75. The van der Waals surface area contributed by atoms with Gasteiger partial charge in [-0.25, -0.2) is 0 Å². The van der Waals surface area contributed by atoms with Gasteiger partial charge in [-0.2, -0.15) is 17.6 Å². The quantitative estimate of drug-likeness (QED) is 0.726. The van der Waals surface area contributed by atoms with E-state index >= 15 is 0 Å². The molecule has 0 spiro atoms. The predicted octanol–water partition coefficient (Wildman–Crippen LogP) is 4.41. The van der Waals surface area contributed by atoms with Gasteiger partial charge in [0, 0.05) is 29.1 Å². The number of amides is 2. The summed E-state index contributed by atoms with van der Waals surface area (Å²) in [5.74, 6) is -7.20. The minimum atomic E-state index is -5.58. The van der Waals surface area contributed by atoms with Crippen LogP contribution >= 0.6 is 11.6 Å². The maximum absolute atomic E-state index is 13.8. The smallest absolute Gasteiger partial charge is 0.335 e. The molecule has 2 aromatic rings. The minimum Gasteiger partial charge on any atom is -0.335 e. The fourth-order valence-corrected chi connectivity index (χ4v) is 2.25. The van der Waals surface area contributed by atoms with Gasteiger partial charge in [0.25, 0.3) is 11.8 Å². The molecule has 0 bridgehead atoms. The van der Waals surface area contributed by atoms with Crippen LogP contribution in [0.3, 0.4) is 0 Å². The van der Waals surface area contributed by atoms with E-state index in [9.17, 15) is 27.2 Å². The van der Waals surface area contributed by atoms with Crippen molar-refractivity contribution >= 4 is 34.8 Å². The highest BCUT2D eigenvalue weighted by Crippen LogP contribution is 2.35. The first-order valence-electron chi connectivity index (χ1n) is 7.36. The molecular weight excluding hydrogens is 392 g/mol. The van der Waals surface area contributed by atoms with Crippen molar-refractivity contribution in [3.63, 3.8) is 0 Å². The van der Waals surface area contributed by atoms with Gasteiger partial charge in [0.05, 0.1) is 0 Å². The minimum absolute atomic E-state index is 0.0154. The van der Waals surface area contributed by atoms with Crippen molar-refractivity contribution in [3.8, 4) is 0 Å². The summed E-state index contributed by atoms with van der Waals surface area (Å²) in [6.45, 7) is 0. The molecule has 2 N–H and O–H groups in total. The van der Waals surface area contributed by atoms with Crippen LogP contribution in [0.5, 0.6) is 0 Å². The summed E-state index contributed by atoms with van der Waals surface area (Å²) < 4.78 is 55.7. The Morgan fingerprint density at radius 3 is 2.11 bits per heavy atom. The van der Waals surface area contributed by atoms with Crippen LogP contribution in [0.15, 0.2) is 48.5 Å². The Labute approximate surface area is 156 Å². The largest absolute Gasteiger partial charge is 0.458 e. The average molecular weight is 405 g/mol. The SMILES string of the molecule is CO[C@](F)(C(=O)Nc1cccc(C(=O)Nc2cccc(Cl)c2)c1)C(F)(F)F. The fraction of sp³-hybridized carbons (Fsp3) is 0.176. The van der Waals surface area contributed by atoms with Gasteiger partial charge in [0.15, 0.2) is 0 Å². The Balaban J connectivity index is 2.17. The maximum atomic E-state index is 13.8. The number of anilines is 2. The van der Waals surface area contributed by atoms with Crippen LogP contribution in [0.4, 0.5) is 28.9 Å². The van der Waals surface area contributed by atoms with E-state index in [1.807, 2.05) is 0 Å². The number of methoxy groups -OCH3 is 1. The number of benzene rings is 2. The summed E-state index contributed by atoms with van der Waals surface area (Å²) in [5.41, 5.74) is 0.185. The normalized spacial score (nSPS) is 13.6. The molecule has 0 saturated heterocycles. The van der Waals surface area contributed by atoms with Crippen LogP contribution < -0.4 is 10.6 Å². The van der Waals surface area contributed by atoms with Gasteiger partial charge in [-0.15, -0.1) is 0 Å². The molecule has 0 aliphatic heterocycles. The first-order valence-corrected chi connectivity index (χ1v) is 7.74. The van der Waals surface area contributed by atoms with E-state index in [0.717, 1.165) is 6.07 Å². The highest BCUT2D eigenvalue weighted by atomic mass is 35.5. The summed E-state index contributed by atoms with van der Waals surface area (Å²) in [6.07, 6.45) is -5.58. The summed E-state index contributed by atoms with van der Waals surface area (Å²) in [7, 11) is 0.419. The lowest BCUT2D eigenvalue weighted by Crippen LogP contribution is -2.52. The van der Waals surface area contributed by atoms with Crippen LogP contribution in [0, 0.1) is 0 Å². The molecule has 0 unspecified atom stereocenters. The number of rotatable bonds is 5. The second-order valence-corrected chi connectivity index (χ2v) is 5.73. The molecule has 2 rings (SSSR count). The lowest BCUT2D eigenvalue weighted by atomic mass is 10.1. The van der Waals surface area contributed by atoms with Crippen molar-refractivity contribution in [3.05, 3.63) is 59.1 Å². The summed E-state index contributed by atoms with van der Waals surface area (Å²) in [4.78, 5) is 23.9. The van der Waals surface area contributed by atoms with Crippen LogP contribution in [0.2, 0.25) is 5.02 Å². The van der Waals surface area contributed by atoms with Crippen molar-refractivity contribution in [1.82, 2.24) is 0 Å². The van der Waals surface area contributed by atoms with E-state index < -0.39 is 23.8 Å². The predicted molar refractivity (Wildman–Crippen MR) is 91.4 cm³/mol. The molecule has 0 radical (unpaired) electrons. The molecule has 5 nitrogen and oxygen atoms in total. The van der Waals surface area contributed by atoms with Gasteiger partial charge in [0.1, 0.15) is 0 Å². The van der Waals surface area contributed by atoms with Crippen LogP contribution in [0.1, 0.15) is 10.4 Å². The number of carbonyl (C=O) groups is 2. The lowest BCUT2D eigenvalue weighted by molar-refractivity contribution is -0.305. The number of carbonyl (C=O) groups excluding carboxylic acids is 2. The first kappa shape index (κ1) is 20.7. The van der Waals surface area contributed by atoms with Crippen molar-refractivity contribution in [1.29, 1.82) is 0 Å². The van der Waals surface area contributed by atoms with E-state index in [1.165, 1.54) is 24.3 Å². The average Bonchev–Trinajstić information content (AvgIpc) is 2.60. The summed E-state index contributed by atoms with van der Waals surface area (Å²) in [5, 5.41) is 4.67. The van der Waals surface area contributed by atoms with Gasteiger partial charge in [0.2, 0.25) is 0 Å². The highest BCUT2D eigenvalue weighted by molar-refractivity contribution is 6.31. The number of hydrogen-bond donors (Lipinski definition) is 2. The van der Waals surface area contributed by atoms with E-state index in [2.05, 4.69) is 10.1 Å². The molecule has 0 saturated carbocycles. The van der Waals surface area contributed by atoms with Crippen LogP contribution in [-0.2, 0) is 9.53 Å². The highest BCUT2D eigenvalue weighted by Gasteiger charge is 2.63. The molecule has 0 aliphatic rings. The van der Waals surface area contributed by atoms with Crippen molar-refractivity contribution in [2.45, 2.75) is 12.0 Å². The number of ether oxygens (including phenoxy) is 1. The van der Waals surface area contributed by atoms with Crippen molar-refractivity contribution in [2.24, 2.45) is 0 Å². The monoisotopic (exact) mass is 404 g/mol. The molecule has 0 aliphatic carbocycles. The summed E-state index contributed by atoms with van der Waals surface area (Å²) >= 11 is 5.81. The summed E-state index contributed by atoms with van der Waals surface area (Å²) in [6, 6.07) is 11.2. The van der Waals surface area contributed by atoms with Gasteiger partial charge < -0.3 is 15.4 Å². The topological polar surface area (TPSA) is 67.4 Å². The van der Waals surface area contributed by atoms with Crippen LogP contribution in [0.25, 0.3) is 0 Å². The molecule has 1 atom stereocenters. The molecule has 27 heavy (non-hydrogen) atoms. The second-order valence-electron chi connectivity index (χ2n) is 5.30. The van der Waals surface area contributed by atoms with Crippen molar-refractivity contribution in [2.75, 3.05) is 17.7 Å². The Bertz CT molecular complexity index is 860. The maximum Gasteiger partial charge on any atom is 0.458 e.